The molecule has 4 unspecified atom stereocenters. The molecule has 17 N–H and O–H groups in total. The van der Waals surface area contributed by atoms with Crippen LogP contribution in [0.25, 0.3) is 0 Å². The second-order valence-corrected chi connectivity index (χ2v) is 17.4. The number of unbranched alkanes of at least 4 members (excludes halogenated alkanes) is 2. The number of guanidine groups is 3. The molecular weight excluding hydrogens is 769 g/mol. The molecule has 4 atom stereocenters. The molecule has 1 aliphatic rings. The Morgan fingerprint density at radius 2 is 1.27 bits per heavy atom. The van der Waals surface area contributed by atoms with Crippen molar-refractivity contribution in [3.8, 4) is 0 Å². The van der Waals surface area contributed by atoms with Gasteiger partial charge in [-0.25, -0.2) is 0 Å². The third-order valence-electron chi connectivity index (χ3n) is 7.89. The Morgan fingerprint density at radius 1 is 0.786 bits per heavy atom. The zero-order chi connectivity index (χ0) is 42.3. The average Bonchev–Trinajstić information content (AvgIpc) is 3.10. The van der Waals surface area contributed by atoms with Crippen LogP contribution in [0.1, 0.15) is 85.0 Å². The van der Waals surface area contributed by atoms with E-state index in [1.54, 1.807) is 26.5 Å². The molecule has 0 aromatic carbocycles. The summed E-state index contributed by atoms with van der Waals surface area (Å²) in [6.07, 6.45) is 3.90. The fourth-order valence-electron chi connectivity index (χ4n) is 4.88. The summed E-state index contributed by atoms with van der Waals surface area (Å²) in [6, 6.07) is -3.40. The molecule has 0 bridgehead atoms. The van der Waals surface area contributed by atoms with Crippen molar-refractivity contribution < 1.29 is 33.9 Å². The summed E-state index contributed by atoms with van der Waals surface area (Å²) in [5.74, 6) is -3.12. The first-order valence-corrected chi connectivity index (χ1v) is 20.9. The van der Waals surface area contributed by atoms with E-state index in [9.17, 15) is 28.8 Å². The van der Waals surface area contributed by atoms with Crippen molar-refractivity contribution >= 4 is 75.0 Å². The lowest BCUT2D eigenvalue weighted by Crippen LogP contribution is -2.59. The van der Waals surface area contributed by atoms with Gasteiger partial charge in [0.2, 0.25) is 29.5 Å². The van der Waals surface area contributed by atoms with Gasteiger partial charge in [0.1, 0.15) is 12.1 Å². The molecule has 21 nitrogen and oxygen atoms in total. The summed E-state index contributed by atoms with van der Waals surface area (Å²) < 4.78 is 0.0418. The highest BCUT2D eigenvalue weighted by atomic mass is 33.1. The number of hydrogen-bond donors (Lipinski definition) is 14. The van der Waals surface area contributed by atoms with Crippen molar-refractivity contribution in [2.45, 2.75) is 114 Å². The topological polar surface area (TPSA) is 360 Å². The van der Waals surface area contributed by atoms with E-state index in [0.29, 0.717) is 50.8 Å². The standard InChI is InChI=1S/C33H62N14O7S2/c1-33(2,3)56-55-19-23-28(52)47(18-25(49)43-23)17-6-4-5-13-24(48)44-30(37)40-14-7-10-20(34)26(50)45-31(38)41-15-8-11-21(35)27(51)46-32(39)42-16-9-12-22(36)29(53)54/h20-23H,4-19,34-36H2,1-3H3,(H,43,49)(H,53,54)(H3,37,40,44,48)(H3,38,41,45,50)(H3,39,42,46,51). The zero-order valence-electron chi connectivity index (χ0n) is 32.5. The third kappa shape index (κ3) is 23.0. The van der Waals surface area contributed by atoms with Gasteiger partial charge in [0.15, 0.2) is 17.9 Å². The second-order valence-electron chi connectivity index (χ2n) is 14.2. The van der Waals surface area contributed by atoms with Crippen LogP contribution in [0.15, 0.2) is 0 Å². The van der Waals surface area contributed by atoms with E-state index in [1.165, 1.54) is 0 Å². The molecule has 0 aromatic heterocycles. The maximum Gasteiger partial charge on any atom is 0.320 e. The van der Waals surface area contributed by atoms with Gasteiger partial charge in [-0.1, -0.05) is 48.8 Å². The van der Waals surface area contributed by atoms with Crippen LogP contribution in [0.2, 0.25) is 0 Å². The maximum absolute atomic E-state index is 12.8. The number of rotatable bonds is 24. The lowest BCUT2D eigenvalue weighted by Gasteiger charge is -2.32. The van der Waals surface area contributed by atoms with E-state index in [0.717, 1.165) is 0 Å². The number of amides is 5. The Kier molecular flexibility index (Phi) is 23.7. The summed E-state index contributed by atoms with van der Waals surface area (Å²) in [5, 5.41) is 50.4. The normalized spacial score (nSPS) is 15.8. The number of nitrogens with two attached hydrogens (primary N) is 3. The predicted octanol–water partition coefficient (Wildman–Crippen LogP) is -1.62. The molecule has 0 saturated carbocycles. The smallest absolute Gasteiger partial charge is 0.320 e. The number of nitrogens with one attached hydrogen (secondary N) is 10. The molecule has 1 heterocycles. The van der Waals surface area contributed by atoms with Crippen LogP contribution in [0.3, 0.4) is 0 Å². The summed E-state index contributed by atoms with van der Waals surface area (Å²) in [7, 11) is 3.23. The molecule has 1 rings (SSSR count). The molecule has 56 heavy (non-hydrogen) atoms. The zero-order valence-corrected chi connectivity index (χ0v) is 34.1. The predicted molar refractivity (Wildman–Crippen MR) is 218 cm³/mol. The molecule has 0 radical (unpaired) electrons. The van der Waals surface area contributed by atoms with Crippen LogP contribution in [0.5, 0.6) is 0 Å². The molecular formula is C33H62N14O7S2. The Labute approximate surface area is 336 Å². The minimum absolute atomic E-state index is 0.0290. The van der Waals surface area contributed by atoms with Crippen LogP contribution in [0, 0.1) is 16.2 Å². The minimum Gasteiger partial charge on any atom is -0.480 e. The molecule has 5 amide bonds. The van der Waals surface area contributed by atoms with Gasteiger partial charge in [-0.2, -0.15) is 0 Å². The number of hydrogen-bond acceptors (Lipinski definition) is 14. The number of piperazine rings is 1. The van der Waals surface area contributed by atoms with Crippen molar-refractivity contribution in [1.29, 1.82) is 16.2 Å². The van der Waals surface area contributed by atoms with Gasteiger partial charge < -0.3 is 48.5 Å². The van der Waals surface area contributed by atoms with E-state index in [-0.39, 0.29) is 92.2 Å². The molecule has 1 saturated heterocycles. The summed E-state index contributed by atoms with van der Waals surface area (Å²) >= 11 is 0. The first-order chi connectivity index (χ1) is 26.3. The summed E-state index contributed by atoms with van der Waals surface area (Å²) in [6.45, 7) is 7.46. The highest BCUT2D eigenvalue weighted by Gasteiger charge is 2.32. The molecule has 0 aromatic rings. The van der Waals surface area contributed by atoms with Crippen LogP contribution in [-0.2, 0) is 28.8 Å². The van der Waals surface area contributed by atoms with Crippen LogP contribution in [-0.4, -0.2) is 131 Å². The molecule has 1 fully saturated rings. The third-order valence-corrected chi connectivity index (χ3v) is 11.2. The second kappa shape index (κ2) is 26.6. The van der Waals surface area contributed by atoms with Gasteiger partial charge in [0.05, 0.1) is 18.6 Å². The largest absolute Gasteiger partial charge is 0.480 e. The monoisotopic (exact) mass is 830 g/mol. The van der Waals surface area contributed by atoms with Crippen molar-refractivity contribution in [3.63, 3.8) is 0 Å². The lowest BCUT2D eigenvalue weighted by atomic mass is 10.1. The number of carboxylic acid groups (broad SMARTS) is 1. The summed E-state index contributed by atoms with van der Waals surface area (Å²) in [5.41, 5.74) is 17.2. The van der Waals surface area contributed by atoms with Gasteiger partial charge in [-0.3, -0.25) is 60.9 Å². The van der Waals surface area contributed by atoms with E-state index < -0.39 is 42.0 Å². The Hall–Kier alpha value is -4.19. The van der Waals surface area contributed by atoms with Gasteiger partial charge >= 0.3 is 5.97 Å². The molecule has 0 aliphatic carbocycles. The maximum atomic E-state index is 12.8. The Balaban J connectivity index is 2.15. The fourth-order valence-corrected chi connectivity index (χ4v) is 7.33. The summed E-state index contributed by atoms with van der Waals surface area (Å²) in [4.78, 5) is 74.0. The highest BCUT2D eigenvalue weighted by molar-refractivity contribution is 8.77. The fraction of sp³-hybridized carbons (Fsp3) is 0.727. The van der Waals surface area contributed by atoms with Gasteiger partial charge in [0.25, 0.3) is 0 Å². The average molecular weight is 831 g/mol. The van der Waals surface area contributed by atoms with E-state index in [1.807, 2.05) is 0 Å². The number of nitrogens with zero attached hydrogens (tertiary/aromatic N) is 1. The number of carboxylic acids is 1. The number of carbonyl (C=O) groups is 6. The van der Waals surface area contributed by atoms with E-state index in [4.69, 9.17) is 38.5 Å². The number of aliphatic carboxylic acids is 1. The highest BCUT2D eigenvalue weighted by Crippen LogP contribution is 2.35. The van der Waals surface area contributed by atoms with Crippen LogP contribution < -0.4 is 54.4 Å². The lowest BCUT2D eigenvalue weighted by molar-refractivity contribution is -0.143. The van der Waals surface area contributed by atoms with Crippen LogP contribution >= 0.6 is 21.6 Å². The Morgan fingerprint density at radius 3 is 1.75 bits per heavy atom. The first kappa shape index (κ1) is 49.8. The molecule has 23 heteroatoms. The SMILES string of the molecule is CC(C)(C)SSCC1NC(=O)CN(CCCCCC(=O)NC(=N)NCCCC(N)C(=O)NC(=N)NCCCC(N)C(=O)NC(=N)NCCCC(N)C(=O)O)C1=O. The van der Waals surface area contributed by atoms with Crippen LogP contribution in [0.4, 0.5) is 0 Å². The Bertz CT molecular complexity index is 1370. The minimum atomic E-state index is -1.11. The van der Waals surface area contributed by atoms with E-state index >= 15 is 0 Å². The van der Waals surface area contributed by atoms with Gasteiger partial charge in [-0.15, -0.1) is 0 Å². The number of carbonyl (C=O) groups excluding carboxylic acids is 5. The van der Waals surface area contributed by atoms with Gasteiger partial charge in [-0.05, 0) is 51.4 Å². The van der Waals surface area contributed by atoms with E-state index in [2.05, 4.69) is 58.0 Å². The van der Waals surface area contributed by atoms with Crippen molar-refractivity contribution in [1.82, 2.24) is 42.1 Å². The quantitative estimate of drug-likeness (QED) is 0.0225. The molecule has 1 aliphatic heterocycles. The van der Waals surface area contributed by atoms with Crippen molar-refractivity contribution in [2.24, 2.45) is 17.2 Å². The molecule has 0 spiro atoms. The van der Waals surface area contributed by atoms with Crippen molar-refractivity contribution in [2.75, 3.05) is 38.5 Å². The van der Waals surface area contributed by atoms with Gasteiger partial charge in [0, 0.05) is 43.1 Å². The molecule has 318 valence electrons. The van der Waals surface area contributed by atoms with Crippen molar-refractivity contribution in [3.05, 3.63) is 0 Å². The first-order valence-electron chi connectivity index (χ1n) is 18.6.